The lowest BCUT2D eigenvalue weighted by molar-refractivity contribution is -0.870. The van der Waals surface area contributed by atoms with Gasteiger partial charge in [-0.3, -0.25) is 14.2 Å². The van der Waals surface area contributed by atoms with Crippen LogP contribution in [0.15, 0.2) is 36.5 Å². The molecule has 0 saturated carbocycles. The molecule has 0 spiro atoms. The van der Waals surface area contributed by atoms with Crippen LogP contribution in [0.2, 0.25) is 0 Å². The molecule has 0 rings (SSSR count). The third-order valence-corrected chi connectivity index (χ3v) is 8.89. The fourth-order valence-electron chi connectivity index (χ4n) is 4.90. The van der Waals surface area contributed by atoms with Crippen LogP contribution in [0, 0.1) is 0 Å². The molecule has 0 aliphatic carbocycles. The molecule has 1 unspecified atom stereocenters. The van der Waals surface area contributed by atoms with E-state index < -0.39 is 32.5 Å². The average Bonchev–Trinajstić information content (AvgIpc) is 3.04. The molecule has 0 aromatic carbocycles. The first-order valence-corrected chi connectivity index (χ1v) is 20.7. The molecule has 0 aromatic heterocycles. The normalized spacial score (nSPS) is 14.2. The van der Waals surface area contributed by atoms with Gasteiger partial charge in [0.15, 0.2) is 6.10 Å². The van der Waals surface area contributed by atoms with Gasteiger partial charge in [0, 0.05) is 12.8 Å². The number of carbonyl (C=O) groups is 2. The van der Waals surface area contributed by atoms with Crippen LogP contribution in [0.1, 0.15) is 149 Å². The molecule has 49 heavy (non-hydrogen) atoms. The van der Waals surface area contributed by atoms with Gasteiger partial charge in [0.1, 0.15) is 19.8 Å². The molecule has 286 valence electrons. The van der Waals surface area contributed by atoms with Gasteiger partial charge in [-0.25, -0.2) is 0 Å². The summed E-state index contributed by atoms with van der Waals surface area (Å²) in [6.45, 7) is 4.06. The number of phosphoric ester groups is 1. The number of allylic oxidation sites excluding steroid dienone is 6. The van der Waals surface area contributed by atoms with Crippen LogP contribution in [0.3, 0.4) is 0 Å². The summed E-state index contributed by atoms with van der Waals surface area (Å²) in [5.74, 6) is -0.858. The van der Waals surface area contributed by atoms with Gasteiger partial charge >= 0.3 is 11.9 Å². The Labute approximate surface area is 300 Å². The van der Waals surface area contributed by atoms with E-state index in [1.165, 1.54) is 38.5 Å². The topological polar surface area (TPSA) is 111 Å². The smallest absolute Gasteiger partial charge is 0.306 e. The van der Waals surface area contributed by atoms with Crippen LogP contribution in [-0.4, -0.2) is 70.0 Å². The second kappa shape index (κ2) is 32.2. The van der Waals surface area contributed by atoms with E-state index in [1.54, 1.807) is 0 Å². The Balaban J connectivity index is 4.44. The van der Waals surface area contributed by atoms with Gasteiger partial charge in [-0.05, 0) is 44.9 Å². The van der Waals surface area contributed by atoms with Crippen molar-refractivity contribution in [3.05, 3.63) is 36.5 Å². The summed E-state index contributed by atoms with van der Waals surface area (Å²) in [6, 6.07) is 0. The van der Waals surface area contributed by atoms with Gasteiger partial charge in [-0.1, -0.05) is 127 Å². The van der Waals surface area contributed by atoms with E-state index in [-0.39, 0.29) is 26.1 Å². The molecule has 0 amide bonds. The number of likely N-dealkylation sites (N-methyl/N-ethyl adjacent to an activating group) is 1. The van der Waals surface area contributed by atoms with Crippen molar-refractivity contribution in [2.45, 2.75) is 155 Å². The highest BCUT2D eigenvalue weighted by Crippen LogP contribution is 2.38. The number of nitrogens with zero attached hydrogens (tertiary/aromatic N) is 1. The Morgan fingerprint density at radius 2 is 1.16 bits per heavy atom. The van der Waals surface area contributed by atoms with Gasteiger partial charge in [-0.15, -0.1) is 0 Å². The summed E-state index contributed by atoms with van der Waals surface area (Å²) in [5, 5.41) is 0. The van der Waals surface area contributed by atoms with Crippen molar-refractivity contribution in [1.82, 2.24) is 0 Å². The number of hydrogen-bond donors (Lipinski definition) is 0. The molecule has 0 aromatic rings. The molecule has 0 aliphatic heterocycles. The first-order chi connectivity index (χ1) is 23.5. The summed E-state index contributed by atoms with van der Waals surface area (Å²) in [6.07, 6.45) is 33.2. The van der Waals surface area contributed by atoms with Crippen LogP contribution in [-0.2, 0) is 32.7 Å². The zero-order chi connectivity index (χ0) is 36.5. The SMILES string of the molecule is CC/C=C\C/C=C\C/C=C\CCCCCCCC(=O)OC[C@H](COP(=O)([O-])OCC[N+](C)(C)C)OC(=O)CCCCCCCCCCCC. The number of rotatable bonds is 34. The van der Waals surface area contributed by atoms with Gasteiger partial charge in [0.05, 0.1) is 27.7 Å². The molecule has 0 aliphatic rings. The van der Waals surface area contributed by atoms with Crippen molar-refractivity contribution >= 4 is 19.8 Å². The highest BCUT2D eigenvalue weighted by Gasteiger charge is 2.21. The van der Waals surface area contributed by atoms with Crippen molar-refractivity contribution in [2.24, 2.45) is 0 Å². The van der Waals surface area contributed by atoms with Gasteiger partial charge in [0.2, 0.25) is 0 Å². The minimum Gasteiger partial charge on any atom is -0.756 e. The number of phosphoric acid groups is 1. The molecule has 0 bridgehead atoms. The molecular formula is C39H72NO8P. The van der Waals surface area contributed by atoms with Gasteiger partial charge < -0.3 is 27.9 Å². The second-order valence-electron chi connectivity index (χ2n) is 13.9. The van der Waals surface area contributed by atoms with Crippen LogP contribution < -0.4 is 4.89 Å². The quantitative estimate of drug-likeness (QED) is 0.0213. The lowest BCUT2D eigenvalue weighted by Crippen LogP contribution is -2.37. The molecule has 9 nitrogen and oxygen atoms in total. The van der Waals surface area contributed by atoms with Crippen LogP contribution >= 0.6 is 7.82 Å². The Morgan fingerprint density at radius 1 is 0.653 bits per heavy atom. The first-order valence-electron chi connectivity index (χ1n) is 19.2. The first kappa shape index (κ1) is 47.2. The monoisotopic (exact) mass is 713 g/mol. The van der Waals surface area contributed by atoms with Crippen molar-refractivity contribution in [2.75, 3.05) is 47.5 Å². The number of esters is 2. The lowest BCUT2D eigenvalue weighted by Gasteiger charge is -2.28. The predicted molar refractivity (Wildman–Crippen MR) is 199 cm³/mol. The van der Waals surface area contributed by atoms with Crippen LogP contribution in [0.5, 0.6) is 0 Å². The van der Waals surface area contributed by atoms with E-state index in [0.717, 1.165) is 70.6 Å². The highest BCUT2D eigenvalue weighted by molar-refractivity contribution is 7.45. The summed E-state index contributed by atoms with van der Waals surface area (Å²) >= 11 is 0. The standard InChI is InChI=1S/C39H72NO8P/c1-6-8-10-12-14-16-18-19-20-21-22-24-25-27-29-31-38(41)45-35-37(36-47-49(43,44)46-34-33-40(3,4)5)48-39(42)32-30-28-26-23-17-15-13-11-9-7-2/h8,10,14,16,19-20,37H,6-7,9,11-13,15,17-18,21-36H2,1-5H3/b10-8-,16-14-,20-19-/t37-/m1/s1. The van der Waals surface area contributed by atoms with Gasteiger partial charge in [-0.2, -0.15) is 0 Å². The number of carbonyl (C=O) groups excluding carboxylic acids is 2. The molecular weight excluding hydrogens is 641 g/mol. The van der Waals surface area contributed by atoms with Crippen molar-refractivity contribution < 1.29 is 42.1 Å². The third-order valence-electron chi connectivity index (χ3n) is 7.92. The Bertz CT molecular complexity index is 944. The van der Waals surface area contributed by atoms with E-state index in [4.69, 9.17) is 18.5 Å². The van der Waals surface area contributed by atoms with E-state index in [1.807, 2.05) is 21.1 Å². The van der Waals surface area contributed by atoms with E-state index >= 15 is 0 Å². The van der Waals surface area contributed by atoms with Crippen molar-refractivity contribution in [3.8, 4) is 0 Å². The average molecular weight is 714 g/mol. The summed E-state index contributed by atoms with van der Waals surface area (Å²) < 4.78 is 33.7. The summed E-state index contributed by atoms with van der Waals surface area (Å²) in [7, 11) is 1.15. The maximum atomic E-state index is 12.6. The van der Waals surface area contributed by atoms with Crippen molar-refractivity contribution in [1.29, 1.82) is 0 Å². The summed E-state index contributed by atoms with van der Waals surface area (Å²) in [5.41, 5.74) is 0. The van der Waals surface area contributed by atoms with Crippen LogP contribution in [0.4, 0.5) is 0 Å². The minimum absolute atomic E-state index is 0.0335. The fourth-order valence-corrected chi connectivity index (χ4v) is 5.63. The third kappa shape index (κ3) is 35.8. The van der Waals surface area contributed by atoms with E-state index in [9.17, 15) is 19.0 Å². The zero-order valence-corrected chi connectivity index (χ0v) is 32.8. The maximum Gasteiger partial charge on any atom is 0.306 e. The lowest BCUT2D eigenvalue weighted by atomic mass is 10.1. The number of ether oxygens (including phenoxy) is 2. The largest absolute Gasteiger partial charge is 0.756 e. The summed E-state index contributed by atoms with van der Waals surface area (Å²) in [4.78, 5) is 37.3. The van der Waals surface area contributed by atoms with E-state index in [2.05, 4.69) is 50.3 Å². The highest BCUT2D eigenvalue weighted by atomic mass is 31.2. The van der Waals surface area contributed by atoms with Crippen LogP contribution in [0.25, 0.3) is 0 Å². The number of quaternary nitrogens is 1. The second-order valence-corrected chi connectivity index (χ2v) is 15.3. The molecule has 2 atom stereocenters. The Hall–Kier alpha value is -1.77. The Kier molecular flexibility index (Phi) is 31.0. The molecule has 0 radical (unpaired) electrons. The molecule has 0 N–H and O–H groups in total. The number of hydrogen-bond acceptors (Lipinski definition) is 8. The molecule has 0 heterocycles. The molecule has 0 saturated heterocycles. The predicted octanol–water partition coefficient (Wildman–Crippen LogP) is 9.55. The maximum absolute atomic E-state index is 12.6. The zero-order valence-electron chi connectivity index (χ0n) is 31.9. The fraction of sp³-hybridized carbons (Fsp3) is 0.795. The number of unbranched alkanes of at least 4 members (excludes halogenated alkanes) is 14. The van der Waals surface area contributed by atoms with Crippen molar-refractivity contribution in [3.63, 3.8) is 0 Å². The minimum atomic E-state index is -4.62. The van der Waals surface area contributed by atoms with Gasteiger partial charge in [0.25, 0.3) is 7.82 Å². The van der Waals surface area contributed by atoms with E-state index in [0.29, 0.717) is 23.9 Å². The Morgan fingerprint density at radius 3 is 1.73 bits per heavy atom. The molecule has 10 heteroatoms. The molecule has 0 fully saturated rings.